The van der Waals surface area contributed by atoms with E-state index in [-0.39, 0.29) is 6.54 Å². The molecule has 2 aromatic heterocycles. The van der Waals surface area contributed by atoms with Gasteiger partial charge in [0.2, 0.25) is 5.95 Å². The number of carbonyl (C=O) groups is 1. The maximum Gasteiger partial charge on any atom is 0.407 e. The second-order valence-electron chi connectivity index (χ2n) is 8.33. The van der Waals surface area contributed by atoms with Gasteiger partial charge in [0, 0.05) is 62.1 Å². The fourth-order valence-corrected chi connectivity index (χ4v) is 3.14. The molecule has 2 heterocycles. The van der Waals surface area contributed by atoms with Gasteiger partial charge < -0.3 is 24.3 Å². The number of aryl methyl sites for hydroxylation is 1. The zero-order chi connectivity index (χ0) is 22.1. The third-order valence-corrected chi connectivity index (χ3v) is 4.53. The Hall–Kier alpha value is -3.29. The van der Waals surface area contributed by atoms with E-state index in [0.717, 1.165) is 33.5 Å². The molecule has 1 amide bonds. The Morgan fingerprint density at radius 2 is 2.00 bits per heavy atom. The Balaban J connectivity index is 2.05. The Morgan fingerprint density at radius 3 is 2.63 bits per heavy atom. The first kappa shape index (κ1) is 21.4. The summed E-state index contributed by atoms with van der Waals surface area (Å²) in [5, 5.41) is 3.82. The summed E-state index contributed by atoms with van der Waals surface area (Å²) in [6, 6.07) is 5.94. The molecule has 0 aliphatic carbocycles. The van der Waals surface area contributed by atoms with Gasteiger partial charge >= 0.3 is 6.09 Å². The number of ether oxygens (including phenoxy) is 2. The highest BCUT2D eigenvalue weighted by atomic mass is 16.6. The van der Waals surface area contributed by atoms with Gasteiger partial charge in [-0.1, -0.05) is 0 Å². The molecule has 0 spiro atoms. The van der Waals surface area contributed by atoms with E-state index < -0.39 is 11.7 Å². The summed E-state index contributed by atoms with van der Waals surface area (Å²) in [5.41, 5.74) is 2.98. The van der Waals surface area contributed by atoms with Crippen molar-refractivity contribution in [3.05, 3.63) is 36.2 Å². The van der Waals surface area contributed by atoms with Crippen LogP contribution in [0.15, 0.2) is 30.6 Å². The number of rotatable bonds is 5. The number of nitrogens with one attached hydrogen (secondary N) is 1. The summed E-state index contributed by atoms with van der Waals surface area (Å²) in [5.74, 6) is 1.36. The molecular formula is C22H29N5O3. The van der Waals surface area contributed by atoms with Gasteiger partial charge in [0.1, 0.15) is 11.4 Å². The number of methoxy groups -OCH3 is 1. The van der Waals surface area contributed by atoms with Crippen molar-refractivity contribution in [1.29, 1.82) is 0 Å². The topological polar surface area (TPSA) is 81.5 Å². The third-order valence-electron chi connectivity index (χ3n) is 4.53. The minimum absolute atomic E-state index is 0.248. The molecule has 3 aromatic rings. The van der Waals surface area contributed by atoms with Crippen LogP contribution in [0.5, 0.6) is 5.75 Å². The number of hydrogen-bond donors (Lipinski definition) is 1. The summed E-state index contributed by atoms with van der Waals surface area (Å²) in [6.07, 6.45) is 3.29. The van der Waals surface area contributed by atoms with Crippen molar-refractivity contribution in [2.75, 3.05) is 26.1 Å². The largest absolute Gasteiger partial charge is 0.497 e. The van der Waals surface area contributed by atoms with Crippen molar-refractivity contribution >= 4 is 22.9 Å². The van der Waals surface area contributed by atoms with Crippen LogP contribution in [-0.2, 0) is 18.3 Å². The number of fused-ring (bicyclic) bond motifs is 1. The number of nitrogens with zero attached hydrogens (tertiary/aromatic N) is 4. The number of carbonyl (C=O) groups excluding carboxylic acids is 1. The molecule has 1 N–H and O–H groups in total. The van der Waals surface area contributed by atoms with Crippen molar-refractivity contribution in [1.82, 2.24) is 19.9 Å². The van der Waals surface area contributed by atoms with E-state index in [1.54, 1.807) is 13.3 Å². The molecule has 8 heteroatoms. The molecule has 1 aromatic carbocycles. The summed E-state index contributed by atoms with van der Waals surface area (Å²) in [7, 11) is 7.42. The Bertz CT molecular complexity index is 1070. The lowest BCUT2D eigenvalue weighted by atomic mass is 10.1. The van der Waals surface area contributed by atoms with E-state index in [9.17, 15) is 4.79 Å². The van der Waals surface area contributed by atoms with E-state index in [2.05, 4.69) is 10.3 Å². The standard InChI is InChI=1S/C22H29N5O3/c1-22(2,3)30-21(28)24-12-14-11-23-20(26(4)5)25-19(14)17-13-27(6)18-9-8-15(29-7)10-16(17)18/h8-11,13H,12H2,1-7H3,(H,24,28). The predicted octanol–water partition coefficient (Wildman–Crippen LogP) is 3.73. The molecule has 8 nitrogen and oxygen atoms in total. The molecule has 0 radical (unpaired) electrons. The SMILES string of the molecule is COc1ccc2c(c1)c(-c1nc(N(C)C)ncc1CNC(=O)OC(C)(C)C)cn2C. The lowest BCUT2D eigenvalue weighted by Crippen LogP contribution is -2.32. The zero-order valence-electron chi connectivity index (χ0n) is 18.6. The van der Waals surface area contributed by atoms with Crippen LogP contribution in [0.3, 0.4) is 0 Å². The smallest absolute Gasteiger partial charge is 0.407 e. The summed E-state index contributed by atoms with van der Waals surface area (Å²) >= 11 is 0. The molecule has 0 saturated heterocycles. The predicted molar refractivity (Wildman–Crippen MR) is 118 cm³/mol. The van der Waals surface area contributed by atoms with Crippen LogP contribution in [-0.4, -0.2) is 47.4 Å². The van der Waals surface area contributed by atoms with Crippen LogP contribution in [0, 0.1) is 0 Å². The highest BCUT2D eigenvalue weighted by Gasteiger charge is 2.19. The zero-order valence-corrected chi connectivity index (χ0v) is 18.6. The van der Waals surface area contributed by atoms with E-state index in [4.69, 9.17) is 14.5 Å². The van der Waals surface area contributed by atoms with Gasteiger partial charge in [-0.05, 0) is 39.0 Å². The van der Waals surface area contributed by atoms with Crippen LogP contribution in [0.2, 0.25) is 0 Å². The maximum absolute atomic E-state index is 12.2. The first-order valence-corrected chi connectivity index (χ1v) is 9.72. The van der Waals surface area contributed by atoms with E-state index >= 15 is 0 Å². The molecule has 30 heavy (non-hydrogen) atoms. The fraction of sp³-hybridized carbons (Fsp3) is 0.409. The van der Waals surface area contributed by atoms with Crippen LogP contribution in [0.25, 0.3) is 22.2 Å². The van der Waals surface area contributed by atoms with Crippen molar-refractivity contribution in [2.45, 2.75) is 32.9 Å². The molecule has 0 fully saturated rings. The van der Waals surface area contributed by atoms with Gasteiger partial charge in [0.15, 0.2) is 0 Å². The second-order valence-corrected chi connectivity index (χ2v) is 8.33. The summed E-state index contributed by atoms with van der Waals surface area (Å²) in [6.45, 7) is 5.74. The minimum Gasteiger partial charge on any atom is -0.497 e. The summed E-state index contributed by atoms with van der Waals surface area (Å²) < 4.78 is 12.8. The molecule has 0 atom stereocenters. The van der Waals surface area contributed by atoms with Gasteiger partial charge in [-0.2, -0.15) is 0 Å². The lowest BCUT2D eigenvalue weighted by Gasteiger charge is -2.20. The Labute approximate surface area is 176 Å². The first-order chi connectivity index (χ1) is 14.1. The molecule has 3 rings (SSSR count). The lowest BCUT2D eigenvalue weighted by molar-refractivity contribution is 0.0523. The Morgan fingerprint density at radius 1 is 1.27 bits per heavy atom. The normalized spacial score (nSPS) is 11.4. The molecule has 0 saturated carbocycles. The first-order valence-electron chi connectivity index (χ1n) is 9.72. The molecule has 0 aliphatic heterocycles. The number of benzene rings is 1. The van der Waals surface area contributed by atoms with Crippen molar-refractivity contribution in [3.63, 3.8) is 0 Å². The Kier molecular flexibility index (Phi) is 5.87. The minimum atomic E-state index is -0.565. The second kappa shape index (κ2) is 8.22. The van der Waals surface area contributed by atoms with Crippen LogP contribution in [0.4, 0.5) is 10.7 Å². The molecule has 0 aliphatic rings. The van der Waals surface area contributed by atoms with Gasteiger partial charge in [-0.25, -0.2) is 14.8 Å². The number of alkyl carbamates (subject to hydrolysis) is 1. The van der Waals surface area contributed by atoms with E-state index in [0.29, 0.717) is 5.95 Å². The van der Waals surface area contributed by atoms with Crippen molar-refractivity contribution in [2.24, 2.45) is 7.05 Å². The monoisotopic (exact) mass is 411 g/mol. The molecule has 0 unspecified atom stereocenters. The number of aromatic nitrogens is 3. The fourth-order valence-electron chi connectivity index (χ4n) is 3.14. The quantitative estimate of drug-likeness (QED) is 0.689. The van der Waals surface area contributed by atoms with Gasteiger partial charge in [0.05, 0.1) is 12.8 Å². The average molecular weight is 412 g/mol. The van der Waals surface area contributed by atoms with Crippen LogP contribution >= 0.6 is 0 Å². The van der Waals surface area contributed by atoms with Gasteiger partial charge in [0.25, 0.3) is 0 Å². The van der Waals surface area contributed by atoms with Gasteiger partial charge in [-0.15, -0.1) is 0 Å². The molecular weight excluding hydrogens is 382 g/mol. The molecule has 0 bridgehead atoms. The number of amides is 1. The van der Waals surface area contributed by atoms with Crippen LogP contribution in [0.1, 0.15) is 26.3 Å². The summed E-state index contributed by atoms with van der Waals surface area (Å²) in [4.78, 5) is 23.2. The van der Waals surface area contributed by atoms with Crippen molar-refractivity contribution < 1.29 is 14.3 Å². The van der Waals surface area contributed by atoms with Crippen LogP contribution < -0.4 is 15.0 Å². The highest BCUT2D eigenvalue weighted by Crippen LogP contribution is 2.34. The highest BCUT2D eigenvalue weighted by molar-refractivity contribution is 5.96. The number of hydrogen-bond acceptors (Lipinski definition) is 6. The maximum atomic E-state index is 12.2. The average Bonchev–Trinajstić information content (AvgIpc) is 3.00. The third kappa shape index (κ3) is 4.64. The van der Waals surface area contributed by atoms with Gasteiger partial charge in [-0.3, -0.25) is 0 Å². The van der Waals surface area contributed by atoms with Crippen molar-refractivity contribution in [3.8, 4) is 17.0 Å². The van der Waals surface area contributed by atoms with E-state index in [1.165, 1.54) is 0 Å². The van der Waals surface area contributed by atoms with E-state index in [1.807, 2.05) is 75.8 Å². The molecule has 160 valence electrons. The number of anilines is 1.